The predicted octanol–water partition coefficient (Wildman–Crippen LogP) is 4.03. The third kappa shape index (κ3) is 4.01. The third-order valence-corrected chi connectivity index (χ3v) is 4.49. The van der Waals surface area contributed by atoms with Gasteiger partial charge in [0.2, 0.25) is 0 Å². The standard InChI is InChI=1S/C14H19BrN2O2/c1-10-2-5-12(6-3-10)16-9-11-4-7-13(15)14(8-11)17(18)19/h4,7-8,10,12,16H,2-3,5-6,9H2,1H3. The van der Waals surface area contributed by atoms with E-state index in [4.69, 9.17) is 0 Å². The Balaban J connectivity index is 1.92. The minimum atomic E-state index is -0.351. The lowest BCUT2D eigenvalue weighted by Crippen LogP contribution is -2.32. The van der Waals surface area contributed by atoms with Crippen LogP contribution in [0.15, 0.2) is 22.7 Å². The van der Waals surface area contributed by atoms with Crippen LogP contribution in [0.4, 0.5) is 5.69 Å². The average Bonchev–Trinajstić information content (AvgIpc) is 2.39. The molecule has 0 atom stereocenters. The second-order valence-electron chi connectivity index (χ2n) is 5.38. The molecule has 1 aliphatic carbocycles. The molecule has 1 fully saturated rings. The molecule has 0 radical (unpaired) electrons. The van der Waals surface area contributed by atoms with Crippen molar-refractivity contribution in [3.8, 4) is 0 Å². The molecule has 1 aromatic rings. The van der Waals surface area contributed by atoms with Crippen molar-refractivity contribution in [3.63, 3.8) is 0 Å². The Labute approximate surface area is 121 Å². The van der Waals surface area contributed by atoms with E-state index in [0.29, 0.717) is 17.1 Å². The first-order chi connectivity index (χ1) is 9.06. The molecule has 0 unspecified atom stereocenters. The minimum absolute atomic E-state index is 0.136. The highest BCUT2D eigenvalue weighted by molar-refractivity contribution is 9.10. The van der Waals surface area contributed by atoms with E-state index in [1.165, 1.54) is 25.7 Å². The molecule has 1 saturated carbocycles. The topological polar surface area (TPSA) is 55.2 Å². The Morgan fingerprint density at radius 2 is 2.05 bits per heavy atom. The van der Waals surface area contributed by atoms with Crippen LogP contribution in [-0.4, -0.2) is 11.0 Å². The van der Waals surface area contributed by atoms with Gasteiger partial charge in [-0.1, -0.05) is 13.0 Å². The van der Waals surface area contributed by atoms with E-state index in [0.717, 1.165) is 11.5 Å². The molecule has 5 heteroatoms. The molecule has 0 aromatic heterocycles. The monoisotopic (exact) mass is 326 g/mol. The number of benzene rings is 1. The highest BCUT2D eigenvalue weighted by Gasteiger charge is 2.18. The molecule has 0 bridgehead atoms. The number of nitro benzene ring substituents is 1. The van der Waals surface area contributed by atoms with Crippen molar-refractivity contribution >= 4 is 21.6 Å². The number of rotatable bonds is 4. The zero-order valence-corrected chi connectivity index (χ0v) is 12.6. The fraction of sp³-hybridized carbons (Fsp3) is 0.571. The van der Waals surface area contributed by atoms with Crippen LogP contribution < -0.4 is 5.32 Å². The first-order valence-corrected chi connectivity index (χ1v) is 7.51. The summed E-state index contributed by atoms with van der Waals surface area (Å²) in [6, 6.07) is 5.87. The fourth-order valence-corrected chi connectivity index (χ4v) is 2.93. The van der Waals surface area contributed by atoms with Crippen molar-refractivity contribution in [1.29, 1.82) is 0 Å². The molecule has 1 aromatic carbocycles. The quantitative estimate of drug-likeness (QED) is 0.671. The molecule has 0 amide bonds. The molecular weight excluding hydrogens is 308 g/mol. The summed E-state index contributed by atoms with van der Waals surface area (Å²) in [7, 11) is 0. The van der Waals surface area contributed by atoms with Crippen LogP contribution in [0.5, 0.6) is 0 Å². The normalized spacial score (nSPS) is 23.3. The summed E-state index contributed by atoms with van der Waals surface area (Å²) in [5, 5.41) is 14.4. The number of nitrogens with zero attached hydrogens (tertiary/aromatic N) is 1. The van der Waals surface area contributed by atoms with Crippen LogP contribution in [0.1, 0.15) is 38.2 Å². The van der Waals surface area contributed by atoms with Crippen LogP contribution >= 0.6 is 15.9 Å². The lowest BCUT2D eigenvalue weighted by Gasteiger charge is -2.27. The largest absolute Gasteiger partial charge is 0.310 e. The summed E-state index contributed by atoms with van der Waals surface area (Å²) in [4.78, 5) is 10.5. The highest BCUT2D eigenvalue weighted by Crippen LogP contribution is 2.26. The number of nitro groups is 1. The van der Waals surface area contributed by atoms with E-state index < -0.39 is 0 Å². The Bertz CT molecular complexity index is 457. The van der Waals surface area contributed by atoms with Crippen molar-refractivity contribution in [2.24, 2.45) is 5.92 Å². The summed E-state index contributed by atoms with van der Waals surface area (Å²) in [5.74, 6) is 0.840. The SMILES string of the molecule is CC1CCC(NCc2ccc(Br)c([N+](=O)[O-])c2)CC1. The number of hydrogen-bond acceptors (Lipinski definition) is 3. The minimum Gasteiger partial charge on any atom is -0.310 e. The van der Waals surface area contributed by atoms with E-state index in [1.807, 2.05) is 6.07 Å². The number of halogens is 1. The first-order valence-electron chi connectivity index (χ1n) is 6.72. The van der Waals surface area contributed by atoms with E-state index in [9.17, 15) is 10.1 Å². The van der Waals surface area contributed by atoms with Gasteiger partial charge < -0.3 is 5.32 Å². The van der Waals surface area contributed by atoms with Gasteiger partial charge in [0.1, 0.15) is 0 Å². The molecule has 2 rings (SSSR count). The average molecular weight is 327 g/mol. The molecule has 4 nitrogen and oxygen atoms in total. The molecule has 104 valence electrons. The van der Waals surface area contributed by atoms with Gasteiger partial charge >= 0.3 is 0 Å². The lowest BCUT2D eigenvalue weighted by molar-refractivity contribution is -0.385. The van der Waals surface area contributed by atoms with Gasteiger partial charge in [-0.2, -0.15) is 0 Å². The second kappa shape index (κ2) is 6.48. The van der Waals surface area contributed by atoms with Gasteiger partial charge in [-0.25, -0.2) is 0 Å². The van der Waals surface area contributed by atoms with Gasteiger partial charge in [0.05, 0.1) is 9.40 Å². The van der Waals surface area contributed by atoms with Crippen LogP contribution in [0.2, 0.25) is 0 Å². The van der Waals surface area contributed by atoms with Crippen LogP contribution in [0, 0.1) is 16.0 Å². The summed E-state index contributed by atoms with van der Waals surface area (Å²) in [6.07, 6.45) is 4.97. The van der Waals surface area contributed by atoms with Crippen molar-refractivity contribution in [2.45, 2.75) is 45.2 Å². The van der Waals surface area contributed by atoms with Gasteiger partial charge in [-0.3, -0.25) is 10.1 Å². The fourth-order valence-electron chi connectivity index (χ4n) is 2.53. The zero-order valence-electron chi connectivity index (χ0n) is 11.1. The maximum absolute atomic E-state index is 10.9. The smallest absolute Gasteiger partial charge is 0.283 e. The first kappa shape index (κ1) is 14.5. The van der Waals surface area contributed by atoms with Crippen LogP contribution in [0.25, 0.3) is 0 Å². The molecule has 0 spiro atoms. The molecule has 19 heavy (non-hydrogen) atoms. The Morgan fingerprint density at radius 3 is 2.68 bits per heavy atom. The van der Waals surface area contributed by atoms with Gasteiger partial charge in [0.15, 0.2) is 0 Å². The predicted molar refractivity (Wildman–Crippen MR) is 79.1 cm³/mol. The highest BCUT2D eigenvalue weighted by atomic mass is 79.9. The van der Waals surface area contributed by atoms with Gasteiger partial charge in [0, 0.05) is 18.7 Å². The van der Waals surface area contributed by atoms with Crippen molar-refractivity contribution in [3.05, 3.63) is 38.3 Å². The summed E-state index contributed by atoms with van der Waals surface area (Å²) >= 11 is 3.20. The number of hydrogen-bond donors (Lipinski definition) is 1. The molecule has 1 N–H and O–H groups in total. The van der Waals surface area contributed by atoms with Gasteiger partial charge in [0.25, 0.3) is 5.69 Å². The number of nitrogens with one attached hydrogen (secondary N) is 1. The van der Waals surface area contributed by atoms with Crippen LogP contribution in [0.3, 0.4) is 0 Å². The Kier molecular flexibility index (Phi) is 4.93. The summed E-state index contributed by atoms with van der Waals surface area (Å²) < 4.78 is 0.535. The molecule has 0 aliphatic heterocycles. The summed E-state index contributed by atoms with van der Waals surface area (Å²) in [5.41, 5.74) is 1.10. The van der Waals surface area contributed by atoms with Crippen molar-refractivity contribution in [2.75, 3.05) is 0 Å². The maximum Gasteiger partial charge on any atom is 0.283 e. The molecular formula is C14H19BrN2O2. The van der Waals surface area contributed by atoms with Crippen molar-refractivity contribution in [1.82, 2.24) is 5.32 Å². The van der Waals surface area contributed by atoms with Gasteiger partial charge in [-0.05, 0) is 59.2 Å². The third-order valence-electron chi connectivity index (χ3n) is 3.82. The Hall–Kier alpha value is -0.940. The molecule has 0 saturated heterocycles. The maximum atomic E-state index is 10.9. The van der Waals surface area contributed by atoms with Crippen molar-refractivity contribution < 1.29 is 4.92 Å². The molecule has 0 heterocycles. The summed E-state index contributed by atoms with van der Waals surface area (Å²) in [6.45, 7) is 3.00. The molecule has 1 aliphatic rings. The lowest BCUT2D eigenvalue weighted by atomic mass is 9.87. The van der Waals surface area contributed by atoms with E-state index >= 15 is 0 Å². The van der Waals surface area contributed by atoms with Crippen LogP contribution in [-0.2, 0) is 6.54 Å². The second-order valence-corrected chi connectivity index (χ2v) is 6.23. The van der Waals surface area contributed by atoms with Gasteiger partial charge in [-0.15, -0.1) is 0 Å². The van der Waals surface area contributed by atoms with E-state index in [-0.39, 0.29) is 10.6 Å². The zero-order chi connectivity index (χ0) is 13.8. The Morgan fingerprint density at radius 1 is 1.37 bits per heavy atom. The van der Waals surface area contributed by atoms with E-state index in [1.54, 1.807) is 12.1 Å². The van der Waals surface area contributed by atoms with E-state index in [2.05, 4.69) is 28.2 Å².